The number of carbonyl (C=O) groups is 3. The molecule has 25 heavy (non-hydrogen) atoms. The molecule has 2 fully saturated rings. The average molecular weight is 343 g/mol. The number of anilines is 1. The monoisotopic (exact) mass is 343 g/mol. The van der Waals surface area contributed by atoms with E-state index in [1.54, 1.807) is 4.90 Å². The third kappa shape index (κ3) is 4.18. The van der Waals surface area contributed by atoms with Crippen molar-refractivity contribution in [2.75, 3.05) is 37.6 Å². The first-order chi connectivity index (χ1) is 12.0. The Kier molecular flexibility index (Phi) is 5.36. The molecule has 1 heterocycles. The van der Waals surface area contributed by atoms with Gasteiger partial charge >= 0.3 is 0 Å². The Morgan fingerprint density at radius 1 is 1.12 bits per heavy atom. The van der Waals surface area contributed by atoms with Gasteiger partial charge in [-0.3, -0.25) is 14.4 Å². The molecule has 1 aromatic rings. The van der Waals surface area contributed by atoms with Gasteiger partial charge in [0, 0.05) is 37.8 Å². The van der Waals surface area contributed by atoms with Gasteiger partial charge in [-0.15, -0.1) is 0 Å². The molecule has 1 aliphatic heterocycles. The van der Waals surface area contributed by atoms with E-state index in [9.17, 15) is 14.4 Å². The van der Waals surface area contributed by atoms with Gasteiger partial charge in [-0.1, -0.05) is 18.6 Å². The Labute approximate surface area is 148 Å². The summed E-state index contributed by atoms with van der Waals surface area (Å²) in [7, 11) is 0. The van der Waals surface area contributed by atoms with Crippen LogP contribution >= 0.6 is 0 Å². The van der Waals surface area contributed by atoms with E-state index in [-0.39, 0.29) is 24.2 Å². The molecular formula is C19H25N3O3. The van der Waals surface area contributed by atoms with Crippen molar-refractivity contribution in [1.29, 1.82) is 0 Å². The van der Waals surface area contributed by atoms with Gasteiger partial charge in [0.25, 0.3) is 5.91 Å². The Hall–Kier alpha value is -2.37. The fourth-order valence-electron chi connectivity index (χ4n) is 3.25. The highest BCUT2D eigenvalue weighted by molar-refractivity contribution is 6.37. The second-order valence-corrected chi connectivity index (χ2v) is 6.88. The van der Waals surface area contributed by atoms with Crippen LogP contribution in [0, 0.1) is 12.8 Å². The lowest BCUT2D eigenvalue weighted by atomic mass is 9.82. The van der Waals surface area contributed by atoms with Gasteiger partial charge in [-0.25, -0.2) is 0 Å². The van der Waals surface area contributed by atoms with Crippen molar-refractivity contribution in [2.45, 2.75) is 26.2 Å². The zero-order chi connectivity index (χ0) is 17.8. The average Bonchev–Trinajstić information content (AvgIpc) is 2.58. The van der Waals surface area contributed by atoms with Crippen LogP contribution < -0.4 is 10.2 Å². The third-order valence-electron chi connectivity index (χ3n) is 5.10. The van der Waals surface area contributed by atoms with Crippen LogP contribution in [0.25, 0.3) is 0 Å². The first kappa shape index (κ1) is 17.5. The fourth-order valence-corrected chi connectivity index (χ4v) is 3.25. The van der Waals surface area contributed by atoms with Crippen LogP contribution in [0.3, 0.4) is 0 Å². The van der Waals surface area contributed by atoms with Crippen LogP contribution in [-0.2, 0) is 14.4 Å². The highest BCUT2D eigenvalue weighted by Gasteiger charge is 2.30. The van der Waals surface area contributed by atoms with Gasteiger partial charge in [0.1, 0.15) is 0 Å². The summed E-state index contributed by atoms with van der Waals surface area (Å²) in [5.74, 6) is -1.24. The van der Waals surface area contributed by atoms with Crippen molar-refractivity contribution < 1.29 is 14.4 Å². The summed E-state index contributed by atoms with van der Waals surface area (Å²) in [6.45, 7) is 4.76. The molecule has 1 saturated carbocycles. The molecule has 0 atom stereocenters. The maximum Gasteiger partial charge on any atom is 0.288 e. The minimum Gasteiger partial charge on any atom is -0.368 e. The Morgan fingerprint density at radius 2 is 1.84 bits per heavy atom. The fraction of sp³-hybridized carbons (Fsp3) is 0.526. The Balaban J connectivity index is 1.43. The number of ketones is 1. The molecule has 6 heteroatoms. The SMILES string of the molecule is Cc1cccc(N2CCN(C(=O)CNC(=O)C(=O)C3CCC3)CC2)c1. The third-order valence-corrected chi connectivity index (χ3v) is 5.10. The smallest absolute Gasteiger partial charge is 0.288 e. The first-order valence-electron chi connectivity index (χ1n) is 8.96. The van der Waals surface area contributed by atoms with Gasteiger partial charge in [0.05, 0.1) is 6.54 Å². The number of benzene rings is 1. The van der Waals surface area contributed by atoms with E-state index in [0.29, 0.717) is 13.1 Å². The zero-order valence-corrected chi connectivity index (χ0v) is 14.7. The van der Waals surface area contributed by atoms with E-state index >= 15 is 0 Å². The Bertz CT molecular complexity index is 662. The quantitative estimate of drug-likeness (QED) is 0.814. The molecule has 2 aliphatic rings. The highest BCUT2D eigenvalue weighted by Crippen LogP contribution is 2.27. The standard InChI is InChI=1S/C19H25N3O3/c1-14-4-2-7-16(12-14)21-8-10-22(11-9-21)17(23)13-20-19(25)18(24)15-5-3-6-15/h2,4,7,12,15H,3,5-6,8-11,13H2,1H3,(H,20,25). The molecule has 1 aromatic carbocycles. The number of amides is 2. The Morgan fingerprint density at radius 3 is 2.44 bits per heavy atom. The summed E-state index contributed by atoms with van der Waals surface area (Å²) in [4.78, 5) is 39.9. The lowest BCUT2D eigenvalue weighted by molar-refractivity contribution is -0.142. The second-order valence-electron chi connectivity index (χ2n) is 6.88. The number of Topliss-reactive ketones (excluding diaryl/α,β-unsaturated/α-hetero) is 1. The van der Waals surface area contributed by atoms with Crippen molar-refractivity contribution in [3.8, 4) is 0 Å². The van der Waals surface area contributed by atoms with E-state index in [1.807, 2.05) is 6.07 Å². The van der Waals surface area contributed by atoms with Crippen LogP contribution in [0.1, 0.15) is 24.8 Å². The molecule has 0 aromatic heterocycles. The van der Waals surface area contributed by atoms with Crippen molar-refractivity contribution >= 4 is 23.3 Å². The van der Waals surface area contributed by atoms with Crippen LogP contribution in [0.5, 0.6) is 0 Å². The summed E-state index contributed by atoms with van der Waals surface area (Å²) in [5, 5.41) is 2.49. The molecule has 2 amide bonds. The van der Waals surface area contributed by atoms with Crippen molar-refractivity contribution in [1.82, 2.24) is 10.2 Å². The lowest BCUT2D eigenvalue weighted by Gasteiger charge is -2.36. The molecule has 1 saturated heterocycles. The second kappa shape index (κ2) is 7.68. The number of hydrogen-bond donors (Lipinski definition) is 1. The lowest BCUT2D eigenvalue weighted by Crippen LogP contribution is -2.52. The summed E-state index contributed by atoms with van der Waals surface area (Å²) in [6, 6.07) is 8.33. The number of hydrogen-bond acceptors (Lipinski definition) is 4. The predicted molar refractivity (Wildman–Crippen MR) is 95.3 cm³/mol. The van der Waals surface area contributed by atoms with Gasteiger partial charge in [-0.05, 0) is 37.5 Å². The van der Waals surface area contributed by atoms with E-state index in [0.717, 1.165) is 32.4 Å². The molecule has 3 rings (SSSR count). The molecule has 1 N–H and O–H groups in total. The van der Waals surface area contributed by atoms with Gasteiger partial charge in [0.2, 0.25) is 11.7 Å². The summed E-state index contributed by atoms with van der Waals surface area (Å²) < 4.78 is 0. The van der Waals surface area contributed by atoms with Crippen molar-refractivity contribution in [3.63, 3.8) is 0 Å². The topological polar surface area (TPSA) is 69.7 Å². The van der Waals surface area contributed by atoms with E-state index in [4.69, 9.17) is 0 Å². The van der Waals surface area contributed by atoms with Crippen LogP contribution in [0.15, 0.2) is 24.3 Å². The number of piperazine rings is 1. The molecule has 0 bridgehead atoms. The largest absolute Gasteiger partial charge is 0.368 e. The van der Waals surface area contributed by atoms with Crippen LogP contribution in [-0.4, -0.2) is 55.2 Å². The van der Waals surface area contributed by atoms with Gasteiger partial charge in [0.15, 0.2) is 0 Å². The number of rotatable bonds is 5. The molecule has 6 nitrogen and oxygen atoms in total. The highest BCUT2D eigenvalue weighted by atomic mass is 16.2. The minimum absolute atomic E-state index is 0.0955. The number of nitrogens with one attached hydrogen (secondary N) is 1. The normalized spacial score (nSPS) is 17.8. The molecular weight excluding hydrogens is 318 g/mol. The molecule has 1 aliphatic carbocycles. The molecule has 134 valence electrons. The van der Waals surface area contributed by atoms with Crippen molar-refractivity contribution in [3.05, 3.63) is 29.8 Å². The van der Waals surface area contributed by atoms with Crippen LogP contribution in [0.4, 0.5) is 5.69 Å². The predicted octanol–water partition coefficient (Wildman–Crippen LogP) is 1.13. The van der Waals surface area contributed by atoms with Gasteiger partial charge < -0.3 is 15.1 Å². The van der Waals surface area contributed by atoms with E-state index in [1.165, 1.54) is 11.3 Å². The zero-order valence-electron chi connectivity index (χ0n) is 14.7. The molecule has 0 radical (unpaired) electrons. The maximum absolute atomic E-state index is 12.3. The number of aryl methyl sites for hydroxylation is 1. The summed E-state index contributed by atoms with van der Waals surface area (Å²) in [5.41, 5.74) is 2.39. The number of nitrogens with zero attached hydrogens (tertiary/aromatic N) is 2. The minimum atomic E-state index is -0.614. The van der Waals surface area contributed by atoms with Crippen LogP contribution in [0.2, 0.25) is 0 Å². The molecule has 0 unspecified atom stereocenters. The summed E-state index contributed by atoms with van der Waals surface area (Å²) >= 11 is 0. The number of carbonyl (C=O) groups excluding carboxylic acids is 3. The van der Waals surface area contributed by atoms with E-state index in [2.05, 4.69) is 35.3 Å². The van der Waals surface area contributed by atoms with Crippen molar-refractivity contribution in [2.24, 2.45) is 5.92 Å². The maximum atomic E-state index is 12.3. The first-order valence-corrected chi connectivity index (χ1v) is 8.96. The summed E-state index contributed by atoms with van der Waals surface area (Å²) in [6.07, 6.45) is 2.59. The van der Waals surface area contributed by atoms with E-state index < -0.39 is 5.91 Å². The van der Waals surface area contributed by atoms with Gasteiger partial charge in [-0.2, -0.15) is 0 Å². The molecule has 0 spiro atoms.